The molecule has 9 heavy (non-hydrogen) atoms. The Morgan fingerprint density at radius 1 is 1.11 bits per heavy atom. The number of thiol groups is 1. The van der Waals surface area contributed by atoms with Crippen molar-refractivity contribution in [3.05, 3.63) is 24.3 Å². The van der Waals surface area contributed by atoms with Gasteiger partial charge in [0.25, 0.3) is 0 Å². The Labute approximate surface area is 58.1 Å². The second-order valence-corrected chi connectivity index (χ2v) is 2.03. The molecule has 0 fully saturated rings. The molecule has 0 radical (unpaired) electrons. The van der Waals surface area contributed by atoms with Gasteiger partial charge in [-0.3, -0.25) is 4.70 Å². The first kappa shape index (κ1) is 8.30. The smallest absolute Gasteiger partial charge is 0.115 e. The molecule has 0 bridgehead atoms. The summed E-state index contributed by atoms with van der Waals surface area (Å²) in [7, 11) is 0. The lowest BCUT2D eigenvalue weighted by Gasteiger charge is -1.88. The molecule has 0 aliphatic carbocycles. The van der Waals surface area contributed by atoms with Gasteiger partial charge >= 0.3 is 0 Å². The minimum Gasteiger partial charge on any atom is -0.508 e. The molecule has 0 spiro atoms. The van der Waals surface area contributed by atoms with Crippen molar-refractivity contribution in [1.29, 1.82) is 0 Å². The summed E-state index contributed by atoms with van der Waals surface area (Å²) in [6.45, 7) is 0. The zero-order chi connectivity index (χ0) is 5.98. The molecule has 1 nitrogen and oxygen atoms in total. The van der Waals surface area contributed by atoms with E-state index >= 15 is 0 Å². The van der Waals surface area contributed by atoms with Gasteiger partial charge in [-0.15, -0.1) is 12.6 Å². The highest BCUT2D eigenvalue weighted by molar-refractivity contribution is 7.80. The fourth-order valence-electron chi connectivity index (χ4n) is 0.453. The number of aromatic hydroxyl groups is 1. The molecule has 0 saturated carbocycles. The van der Waals surface area contributed by atoms with Crippen LogP contribution >= 0.6 is 12.6 Å². The Morgan fingerprint density at radius 2 is 1.56 bits per heavy atom. The van der Waals surface area contributed by atoms with E-state index in [9.17, 15) is 0 Å². The van der Waals surface area contributed by atoms with Crippen LogP contribution in [-0.2, 0) is 0 Å². The van der Waals surface area contributed by atoms with Crippen LogP contribution in [0.5, 0.6) is 5.75 Å². The molecule has 1 aromatic rings. The molecule has 3 heteroatoms. The van der Waals surface area contributed by atoms with Gasteiger partial charge in [0, 0.05) is 4.90 Å². The first-order chi connectivity index (χ1) is 3.79. The lowest BCUT2D eigenvalue weighted by atomic mass is 10.3. The van der Waals surface area contributed by atoms with Gasteiger partial charge in [-0.05, 0) is 24.3 Å². The zero-order valence-corrected chi connectivity index (χ0v) is 5.51. The summed E-state index contributed by atoms with van der Waals surface area (Å²) in [5.74, 6) is 0.280. The quantitative estimate of drug-likeness (QED) is 0.535. The minimum atomic E-state index is 0. The molecule has 1 N–H and O–H groups in total. The van der Waals surface area contributed by atoms with Crippen molar-refractivity contribution in [3.8, 4) is 5.75 Å². The largest absolute Gasteiger partial charge is 0.508 e. The van der Waals surface area contributed by atoms with Crippen molar-refractivity contribution in [2.24, 2.45) is 0 Å². The summed E-state index contributed by atoms with van der Waals surface area (Å²) in [6.07, 6.45) is 0. The van der Waals surface area contributed by atoms with Crippen molar-refractivity contribution in [3.63, 3.8) is 0 Å². The fraction of sp³-hybridized carbons (Fsp3) is 0. The Kier molecular flexibility index (Phi) is 3.09. The Hall–Kier alpha value is -0.700. The van der Waals surface area contributed by atoms with Crippen molar-refractivity contribution in [2.75, 3.05) is 0 Å². The third-order valence-electron chi connectivity index (χ3n) is 0.850. The summed E-state index contributed by atoms with van der Waals surface area (Å²) in [5, 5.41) is 8.72. The van der Waals surface area contributed by atoms with Crippen LogP contribution in [-0.4, -0.2) is 5.11 Å². The van der Waals surface area contributed by atoms with Crippen LogP contribution in [0.25, 0.3) is 0 Å². The first-order valence-electron chi connectivity index (χ1n) is 2.27. The Morgan fingerprint density at radius 3 is 1.89 bits per heavy atom. The third-order valence-corrected chi connectivity index (χ3v) is 1.15. The van der Waals surface area contributed by atoms with Gasteiger partial charge in [0.05, 0.1) is 0 Å². The summed E-state index contributed by atoms with van der Waals surface area (Å²) in [6, 6.07) is 6.67. The van der Waals surface area contributed by atoms with Crippen LogP contribution in [0.4, 0.5) is 4.70 Å². The minimum absolute atomic E-state index is 0. The van der Waals surface area contributed by atoms with Crippen LogP contribution in [0.15, 0.2) is 29.2 Å². The molecule has 0 unspecified atom stereocenters. The number of phenols is 1. The van der Waals surface area contributed by atoms with E-state index in [1.807, 2.05) is 0 Å². The van der Waals surface area contributed by atoms with E-state index in [1.54, 1.807) is 24.3 Å². The number of hydrogen-bond donors (Lipinski definition) is 2. The highest BCUT2D eigenvalue weighted by Gasteiger charge is 1.82. The molecule has 1 aromatic carbocycles. The zero-order valence-electron chi connectivity index (χ0n) is 4.61. The average molecular weight is 146 g/mol. The summed E-state index contributed by atoms with van der Waals surface area (Å²) in [4.78, 5) is 0.864. The maximum Gasteiger partial charge on any atom is 0.115 e. The molecular weight excluding hydrogens is 139 g/mol. The molecule has 1 rings (SSSR count). The number of phenolic OH excluding ortho intramolecular Hbond substituents is 1. The molecule has 0 heterocycles. The molecule has 0 amide bonds. The SMILES string of the molecule is F.Oc1ccc(S)cc1. The van der Waals surface area contributed by atoms with Crippen LogP contribution in [0.2, 0.25) is 0 Å². The van der Waals surface area contributed by atoms with E-state index in [0.29, 0.717) is 0 Å². The van der Waals surface area contributed by atoms with Gasteiger partial charge in [0.15, 0.2) is 0 Å². The van der Waals surface area contributed by atoms with E-state index in [4.69, 9.17) is 5.11 Å². The Bertz CT molecular complexity index is 152. The summed E-state index contributed by atoms with van der Waals surface area (Å²) < 4.78 is 0. The predicted molar refractivity (Wildman–Crippen MR) is 37.9 cm³/mol. The number of benzene rings is 1. The van der Waals surface area contributed by atoms with Gasteiger partial charge in [-0.1, -0.05) is 0 Å². The van der Waals surface area contributed by atoms with Gasteiger partial charge in [0.1, 0.15) is 5.75 Å². The molecule has 0 aliphatic heterocycles. The standard InChI is InChI=1S/C6H6OS.FH/c7-5-1-3-6(8)4-2-5;/h1-4,7-8H;1H. The lowest BCUT2D eigenvalue weighted by molar-refractivity contribution is 0.475. The van der Waals surface area contributed by atoms with Crippen LogP contribution < -0.4 is 0 Å². The van der Waals surface area contributed by atoms with E-state index in [-0.39, 0.29) is 10.5 Å². The molecule has 0 atom stereocenters. The van der Waals surface area contributed by atoms with Gasteiger partial charge in [-0.25, -0.2) is 0 Å². The topological polar surface area (TPSA) is 20.2 Å². The average Bonchev–Trinajstić information content (AvgIpc) is 1.77. The normalized spacial score (nSPS) is 8.11. The highest BCUT2D eigenvalue weighted by Crippen LogP contribution is 2.11. The first-order valence-corrected chi connectivity index (χ1v) is 2.72. The predicted octanol–water partition coefficient (Wildman–Crippen LogP) is 1.83. The van der Waals surface area contributed by atoms with Crippen molar-refractivity contribution < 1.29 is 9.81 Å². The van der Waals surface area contributed by atoms with Crippen LogP contribution in [0.3, 0.4) is 0 Å². The second-order valence-electron chi connectivity index (χ2n) is 1.52. The van der Waals surface area contributed by atoms with E-state index in [2.05, 4.69) is 12.6 Å². The van der Waals surface area contributed by atoms with Crippen molar-refractivity contribution in [1.82, 2.24) is 0 Å². The molecule has 0 aliphatic rings. The van der Waals surface area contributed by atoms with Crippen LogP contribution in [0, 0.1) is 0 Å². The maximum absolute atomic E-state index is 8.72. The summed E-state index contributed by atoms with van der Waals surface area (Å²) >= 11 is 4.02. The lowest BCUT2D eigenvalue weighted by Crippen LogP contribution is -1.62. The monoisotopic (exact) mass is 146 g/mol. The van der Waals surface area contributed by atoms with Gasteiger partial charge in [0.2, 0.25) is 0 Å². The molecule has 50 valence electrons. The van der Waals surface area contributed by atoms with E-state index < -0.39 is 0 Å². The number of hydrogen-bond acceptors (Lipinski definition) is 2. The number of rotatable bonds is 0. The molecule has 0 aromatic heterocycles. The van der Waals surface area contributed by atoms with Crippen LogP contribution in [0.1, 0.15) is 0 Å². The molecular formula is C6H7FOS. The summed E-state index contributed by atoms with van der Waals surface area (Å²) in [5.41, 5.74) is 0. The third kappa shape index (κ3) is 2.37. The molecule has 0 saturated heterocycles. The van der Waals surface area contributed by atoms with Gasteiger partial charge < -0.3 is 5.11 Å². The Balaban J connectivity index is 0.000000640. The highest BCUT2D eigenvalue weighted by atomic mass is 32.1. The van der Waals surface area contributed by atoms with Crippen molar-refractivity contribution >= 4 is 12.6 Å². The second kappa shape index (κ2) is 3.35. The maximum atomic E-state index is 8.72. The van der Waals surface area contributed by atoms with Crippen molar-refractivity contribution in [2.45, 2.75) is 4.90 Å². The number of halogens is 1. The van der Waals surface area contributed by atoms with E-state index in [0.717, 1.165) is 4.90 Å². The van der Waals surface area contributed by atoms with Gasteiger partial charge in [-0.2, -0.15) is 0 Å². The van der Waals surface area contributed by atoms with E-state index in [1.165, 1.54) is 0 Å². The fourth-order valence-corrected chi connectivity index (χ4v) is 0.602.